The molecule has 0 aliphatic heterocycles. The van der Waals surface area contributed by atoms with Gasteiger partial charge in [-0.25, -0.2) is 9.97 Å². The molecule has 126 valence electrons. The van der Waals surface area contributed by atoms with Gasteiger partial charge in [0.1, 0.15) is 5.65 Å². The highest BCUT2D eigenvalue weighted by molar-refractivity contribution is 7.14. The largest absolute Gasteiger partial charge is 0.344 e. The fraction of sp³-hybridized carbons (Fsp3) is 0.353. The average molecular weight is 343 g/mol. The van der Waals surface area contributed by atoms with Gasteiger partial charge in [-0.1, -0.05) is 20.8 Å². The smallest absolute Gasteiger partial charge is 0.243 e. The summed E-state index contributed by atoms with van der Waals surface area (Å²) in [6, 6.07) is 3.38. The Bertz CT molecular complexity index is 890. The summed E-state index contributed by atoms with van der Waals surface area (Å²) in [6.07, 6.45) is 1.75. The molecule has 3 heterocycles. The molecule has 0 aliphatic carbocycles. The van der Waals surface area contributed by atoms with E-state index in [1.807, 2.05) is 45.2 Å². The molecule has 1 atom stereocenters. The van der Waals surface area contributed by atoms with E-state index in [0.29, 0.717) is 5.13 Å². The summed E-state index contributed by atoms with van der Waals surface area (Å²) < 4.78 is 0. The van der Waals surface area contributed by atoms with Crippen LogP contribution in [0.5, 0.6) is 0 Å². The lowest BCUT2D eigenvalue weighted by molar-refractivity contribution is -0.119. The third-order valence-corrected chi connectivity index (χ3v) is 4.65. The van der Waals surface area contributed by atoms with Gasteiger partial charge in [0.2, 0.25) is 5.91 Å². The van der Waals surface area contributed by atoms with E-state index in [0.717, 1.165) is 28.0 Å². The maximum Gasteiger partial charge on any atom is 0.243 e. The highest BCUT2D eigenvalue weighted by Crippen LogP contribution is 2.30. The van der Waals surface area contributed by atoms with Crippen molar-refractivity contribution in [2.75, 3.05) is 5.32 Å². The van der Waals surface area contributed by atoms with Gasteiger partial charge in [-0.2, -0.15) is 0 Å². The molecule has 6 nitrogen and oxygen atoms in total. The minimum absolute atomic E-state index is 0.222. The van der Waals surface area contributed by atoms with Gasteiger partial charge in [0.25, 0.3) is 0 Å². The number of thiazole rings is 1. The fourth-order valence-electron chi connectivity index (χ4n) is 2.41. The van der Waals surface area contributed by atoms with Crippen LogP contribution in [0.2, 0.25) is 0 Å². The quantitative estimate of drug-likeness (QED) is 0.680. The number of nitrogens with zero attached hydrogens (tertiary/aromatic N) is 2. The van der Waals surface area contributed by atoms with Gasteiger partial charge < -0.3 is 16.0 Å². The van der Waals surface area contributed by atoms with Crippen LogP contribution in [0.1, 0.15) is 26.5 Å². The van der Waals surface area contributed by atoms with E-state index >= 15 is 0 Å². The summed E-state index contributed by atoms with van der Waals surface area (Å²) in [5.74, 6) is -0.222. The summed E-state index contributed by atoms with van der Waals surface area (Å²) in [5.41, 5.74) is 9.36. The van der Waals surface area contributed by atoms with Crippen molar-refractivity contribution < 1.29 is 4.79 Å². The lowest BCUT2D eigenvalue weighted by Gasteiger charge is -2.25. The van der Waals surface area contributed by atoms with Gasteiger partial charge >= 0.3 is 0 Å². The van der Waals surface area contributed by atoms with E-state index < -0.39 is 6.04 Å². The minimum atomic E-state index is -0.593. The van der Waals surface area contributed by atoms with Crippen LogP contribution in [-0.4, -0.2) is 26.9 Å². The number of rotatable bonds is 3. The predicted octanol–water partition coefficient (Wildman–Crippen LogP) is 3.31. The zero-order valence-electron chi connectivity index (χ0n) is 14.2. The number of nitrogens with one attached hydrogen (secondary N) is 2. The number of aromatic amines is 1. The molecular weight excluding hydrogens is 322 g/mol. The number of aryl methyl sites for hydroxylation is 1. The highest BCUT2D eigenvalue weighted by Gasteiger charge is 2.28. The number of fused-ring (bicyclic) bond motifs is 1. The molecule has 0 saturated heterocycles. The van der Waals surface area contributed by atoms with Crippen LogP contribution in [0.4, 0.5) is 5.13 Å². The van der Waals surface area contributed by atoms with E-state index in [9.17, 15) is 4.79 Å². The van der Waals surface area contributed by atoms with Crippen molar-refractivity contribution in [1.29, 1.82) is 0 Å². The van der Waals surface area contributed by atoms with Gasteiger partial charge in [0.05, 0.1) is 11.7 Å². The zero-order valence-corrected chi connectivity index (χ0v) is 15.0. The number of carbonyl (C=O) groups excluding carboxylic acids is 1. The molecule has 0 spiro atoms. The topological polar surface area (TPSA) is 96.7 Å². The maximum absolute atomic E-state index is 12.2. The molecule has 3 aromatic rings. The molecule has 7 heteroatoms. The van der Waals surface area contributed by atoms with E-state index in [2.05, 4.69) is 20.3 Å². The van der Waals surface area contributed by atoms with Gasteiger partial charge in [-0.05, 0) is 24.5 Å². The number of nitrogens with two attached hydrogens (primary N) is 1. The van der Waals surface area contributed by atoms with Crippen LogP contribution in [0.15, 0.2) is 23.7 Å². The Balaban J connectivity index is 1.87. The van der Waals surface area contributed by atoms with Crippen molar-refractivity contribution >= 4 is 33.4 Å². The first-order valence-corrected chi connectivity index (χ1v) is 8.60. The Morgan fingerprint density at radius 3 is 2.88 bits per heavy atom. The molecule has 0 aromatic carbocycles. The second-order valence-corrected chi connectivity index (χ2v) is 7.80. The number of hydrogen-bond acceptors (Lipinski definition) is 5. The van der Waals surface area contributed by atoms with Crippen LogP contribution in [0, 0.1) is 12.3 Å². The number of anilines is 1. The van der Waals surface area contributed by atoms with Crippen LogP contribution < -0.4 is 11.1 Å². The van der Waals surface area contributed by atoms with Crippen molar-refractivity contribution in [3.05, 3.63) is 29.4 Å². The number of hydrogen-bond donors (Lipinski definition) is 3. The van der Waals surface area contributed by atoms with Crippen LogP contribution in [-0.2, 0) is 4.79 Å². The fourth-order valence-corrected chi connectivity index (χ4v) is 3.13. The van der Waals surface area contributed by atoms with Crippen molar-refractivity contribution in [2.24, 2.45) is 11.1 Å². The first-order valence-electron chi connectivity index (χ1n) is 7.72. The molecule has 0 fully saturated rings. The molecule has 0 saturated carbocycles. The molecule has 0 bridgehead atoms. The molecule has 4 N–H and O–H groups in total. The molecule has 3 rings (SSSR count). The van der Waals surface area contributed by atoms with Crippen molar-refractivity contribution in [1.82, 2.24) is 15.0 Å². The van der Waals surface area contributed by atoms with Gasteiger partial charge in [-0.15, -0.1) is 11.3 Å². The number of aromatic nitrogens is 3. The summed E-state index contributed by atoms with van der Waals surface area (Å²) in [5, 5.41) is 6.30. The Labute approximate surface area is 144 Å². The Kier molecular flexibility index (Phi) is 4.15. The molecule has 3 aromatic heterocycles. The van der Waals surface area contributed by atoms with Gasteiger partial charge in [0.15, 0.2) is 5.13 Å². The Hall–Kier alpha value is -2.25. The highest BCUT2D eigenvalue weighted by atomic mass is 32.1. The summed E-state index contributed by atoms with van der Waals surface area (Å²) in [7, 11) is 0. The normalized spacial score (nSPS) is 13.2. The van der Waals surface area contributed by atoms with Gasteiger partial charge in [0, 0.05) is 28.2 Å². The van der Waals surface area contributed by atoms with E-state index in [-0.39, 0.29) is 11.3 Å². The molecule has 1 amide bonds. The number of pyridine rings is 1. The monoisotopic (exact) mass is 343 g/mol. The molecule has 0 radical (unpaired) electrons. The van der Waals surface area contributed by atoms with Crippen molar-refractivity contribution in [3.8, 4) is 11.3 Å². The van der Waals surface area contributed by atoms with Crippen molar-refractivity contribution in [3.63, 3.8) is 0 Å². The molecule has 0 aliphatic rings. The summed E-state index contributed by atoms with van der Waals surface area (Å²) in [4.78, 5) is 24.3. The molecular formula is C17H21N5OS. The van der Waals surface area contributed by atoms with Crippen LogP contribution in [0.3, 0.4) is 0 Å². The second-order valence-electron chi connectivity index (χ2n) is 6.94. The summed E-state index contributed by atoms with van der Waals surface area (Å²) >= 11 is 1.39. The SMILES string of the molecule is Cc1cc2c(-c3csc(NC(=O)[C@@H](N)C(C)(C)C)n3)ccnc2[nH]1. The number of amides is 1. The standard InChI is InChI=1S/C17H21N5OS/c1-9-7-11-10(5-6-19-14(11)20-9)12-8-24-16(21-12)22-15(23)13(18)17(2,3)4/h5-8,13H,18H2,1-4H3,(H,19,20)(H,21,22,23)/t13-/m1/s1. The first-order chi connectivity index (χ1) is 11.3. The Morgan fingerprint density at radius 1 is 1.42 bits per heavy atom. The lowest BCUT2D eigenvalue weighted by Crippen LogP contribution is -2.45. The van der Waals surface area contributed by atoms with Crippen molar-refractivity contribution in [2.45, 2.75) is 33.7 Å². The summed E-state index contributed by atoms with van der Waals surface area (Å²) in [6.45, 7) is 7.80. The Morgan fingerprint density at radius 2 is 2.17 bits per heavy atom. The molecule has 0 unspecified atom stereocenters. The third kappa shape index (κ3) is 3.18. The maximum atomic E-state index is 12.2. The predicted molar refractivity (Wildman–Crippen MR) is 98.0 cm³/mol. The average Bonchev–Trinajstić information content (AvgIpc) is 3.10. The van der Waals surface area contributed by atoms with Crippen LogP contribution >= 0.6 is 11.3 Å². The number of H-pyrrole nitrogens is 1. The first kappa shape index (κ1) is 16.6. The lowest BCUT2D eigenvalue weighted by atomic mass is 9.87. The second kappa shape index (κ2) is 5.99. The third-order valence-electron chi connectivity index (χ3n) is 3.89. The van der Waals surface area contributed by atoms with Crippen LogP contribution in [0.25, 0.3) is 22.3 Å². The number of carbonyl (C=O) groups is 1. The van der Waals surface area contributed by atoms with E-state index in [4.69, 9.17) is 5.73 Å². The minimum Gasteiger partial charge on any atom is -0.344 e. The van der Waals surface area contributed by atoms with Gasteiger partial charge in [-0.3, -0.25) is 4.79 Å². The zero-order chi connectivity index (χ0) is 17.5. The van der Waals surface area contributed by atoms with E-state index in [1.54, 1.807) is 6.20 Å². The molecule has 24 heavy (non-hydrogen) atoms. The van der Waals surface area contributed by atoms with E-state index in [1.165, 1.54) is 11.3 Å².